The van der Waals surface area contributed by atoms with Gasteiger partial charge in [0.1, 0.15) is 0 Å². The third-order valence-electron chi connectivity index (χ3n) is 3.64. The number of guanidine groups is 1. The van der Waals surface area contributed by atoms with Gasteiger partial charge in [-0.05, 0) is 27.7 Å². The van der Waals surface area contributed by atoms with Gasteiger partial charge in [0.15, 0.2) is 5.96 Å². The number of nitrogens with zero attached hydrogens (tertiary/aromatic N) is 2. The van der Waals surface area contributed by atoms with E-state index in [-0.39, 0.29) is 6.04 Å². The number of aliphatic imine (C=N–C) groups is 1. The maximum atomic E-state index is 5.49. The van der Waals surface area contributed by atoms with Crippen molar-refractivity contribution in [2.45, 2.75) is 45.8 Å². The van der Waals surface area contributed by atoms with Crippen molar-refractivity contribution in [2.24, 2.45) is 4.99 Å². The molecule has 0 aromatic carbocycles. The molecule has 2 N–H and O–H groups in total. The molecule has 0 aromatic rings. The molecule has 6 nitrogen and oxygen atoms in total. The molecule has 0 spiro atoms. The fraction of sp³-hybridized carbons (Fsp3) is 0.933. The van der Waals surface area contributed by atoms with Crippen molar-refractivity contribution in [3.05, 3.63) is 0 Å². The van der Waals surface area contributed by atoms with Gasteiger partial charge in [-0.1, -0.05) is 0 Å². The van der Waals surface area contributed by atoms with Gasteiger partial charge in [0.25, 0.3) is 0 Å². The summed E-state index contributed by atoms with van der Waals surface area (Å²) >= 11 is 0. The van der Waals surface area contributed by atoms with E-state index in [1.54, 1.807) is 7.11 Å². The lowest BCUT2D eigenvalue weighted by Crippen LogP contribution is -2.50. The summed E-state index contributed by atoms with van der Waals surface area (Å²) in [5.74, 6) is 0.856. The largest absolute Gasteiger partial charge is 0.383 e. The second kappa shape index (κ2) is 9.97. The highest BCUT2D eigenvalue weighted by molar-refractivity contribution is 5.80. The Kier molecular flexibility index (Phi) is 8.64. The zero-order valence-corrected chi connectivity index (χ0v) is 14.2. The van der Waals surface area contributed by atoms with Crippen LogP contribution in [0.1, 0.15) is 27.7 Å². The molecule has 1 aliphatic rings. The van der Waals surface area contributed by atoms with Crippen molar-refractivity contribution in [3.63, 3.8) is 0 Å². The van der Waals surface area contributed by atoms with Gasteiger partial charge in [0.05, 0.1) is 26.4 Å². The fourth-order valence-electron chi connectivity index (χ4n) is 2.57. The first kappa shape index (κ1) is 18.2. The molecule has 3 unspecified atom stereocenters. The van der Waals surface area contributed by atoms with Crippen LogP contribution in [0.2, 0.25) is 0 Å². The van der Waals surface area contributed by atoms with Crippen LogP contribution in [0.4, 0.5) is 0 Å². The van der Waals surface area contributed by atoms with Gasteiger partial charge in [-0.25, -0.2) is 0 Å². The van der Waals surface area contributed by atoms with Gasteiger partial charge in [0, 0.05) is 38.3 Å². The normalized spacial score (nSPS) is 23.7. The lowest BCUT2D eigenvalue weighted by Gasteiger charge is -2.37. The second-order valence-corrected chi connectivity index (χ2v) is 5.73. The van der Waals surface area contributed by atoms with Crippen LogP contribution in [0.25, 0.3) is 0 Å². The van der Waals surface area contributed by atoms with Gasteiger partial charge in [-0.15, -0.1) is 0 Å². The van der Waals surface area contributed by atoms with E-state index in [2.05, 4.69) is 43.2 Å². The van der Waals surface area contributed by atoms with Crippen molar-refractivity contribution in [1.29, 1.82) is 0 Å². The Labute approximate surface area is 129 Å². The lowest BCUT2D eigenvalue weighted by atomic mass is 10.2. The van der Waals surface area contributed by atoms with Crippen LogP contribution in [0.15, 0.2) is 4.99 Å². The van der Waals surface area contributed by atoms with E-state index in [1.807, 2.05) is 0 Å². The third-order valence-corrected chi connectivity index (χ3v) is 3.64. The number of ether oxygens (including phenoxy) is 2. The molecule has 0 aromatic heterocycles. The number of hydrogen-bond acceptors (Lipinski definition) is 4. The summed E-state index contributed by atoms with van der Waals surface area (Å²) in [6, 6.07) is 1.12. The van der Waals surface area contributed by atoms with Crippen LogP contribution in [-0.2, 0) is 9.47 Å². The first-order valence-corrected chi connectivity index (χ1v) is 7.95. The molecule has 0 amide bonds. The van der Waals surface area contributed by atoms with E-state index in [0.717, 1.165) is 38.8 Å². The summed E-state index contributed by atoms with van der Waals surface area (Å²) in [7, 11) is 1.71. The summed E-state index contributed by atoms with van der Waals surface area (Å²) in [6.45, 7) is 13.5. The van der Waals surface area contributed by atoms with E-state index in [1.165, 1.54) is 0 Å². The molecule has 1 aliphatic heterocycles. The maximum Gasteiger partial charge on any atom is 0.191 e. The van der Waals surface area contributed by atoms with E-state index in [9.17, 15) is 0 Å². The average Bonchev–Trinajstić information content (AvgIpc) is 2.45. The minimum Gasteiger partial charge on any atom is -0.383 e. The molecule has 1 fully saturated rings. The zero-order chi connectivity index (χ0) is 15.7. The Bertz CT molecular complexity index is 312. The van der Waals surface area contributed by atoms with E-state index in [0.29, 0.717) is 18.7 Å². The SMILES string of the molecule is CCNC(=NCC(C)N1CCOCC1C)NC(C)COC. The van der Waals surface area contributed by atoms with Crippen molar-refractivity contribution in [2.75, 3.05) is 46.6 Å². The Hall–Kier alpha value is -0.850. The Morgan fingerprint density at radius 1 is 1.48 bits per heavy atom. The molecule has 124 valence electrons. The van der Waals surface area contributed by atoms with Crippen LogP contribution < -0.4 is 10.6 Å². The molecule has 0 bridgehead atoms. The van der Waals surface area contributed by atoms with Crippen molar-refractivity contribution < 1.29 is 9.47 Å². The lowest BCUT2D eigenvalue weighted by molar-refractivity contribution is -0.0165. The highest BCUT2D eigenvalue weighted by Gasteiger charge is 2.23. The topological polar surface area (TPSA) is 58.1 Å². The maximum absolute atomic E-state index is 5.49. The van der Waals surface area contributed by atoms with Gasteiger partial charge in [-0.3, -0.25) is 9.89 Å². The van der Waals surface area contributed by atoms with Gasteiger partial charge >= 0.3 is 0 Å². The Morgan fingerprint density at radius 3 is 2.86 bits per heavy atom. The van der Waals surface area contributed by atoms with Gasteiger partial charge < -0.3 is 20.1 Å². The van der Waals surface area contributed by atoms with E-state index < -0.39 is 0 Å². The van der Waals surface area contributed by atoms with E-state index >= 15 is 0 Å². The predicted molar refractivity (Wildman–Crippen MR) is 86.9 cm³/mol. The highest BCUT2D eigenvalue weighted by Crippen LogP contribution is 2.10. The molecular weight excluding hydrogens is 268 g/mol. The Morgan fingerprint density at radius 2 is 2.24 bits per heavy atom. The Balaban J connectivity index is 2.51. The summed E-state index contributed by atoms with van der Waals surface area (Å²) in [6.07, 6.45) is 0. The van der Waals surface area contributed by atoms with E-state index in [4.69, 9.17) is 14.5 Å². The minimum atomic E-state index is 0.241. The van der Waals surface area contributed by atoms with Gasteiger partial charge in [-0.2, -0.15) is 0 Å². The third kappa shape index (κ3) is 6.63. The van der Waals surface area contributed by atoms with Crippen LogP contribution >= 0.6 is 0 Å². The molecule has 6 heteroatoms. The first-order valence-electron chi connectivity index (χ1n) is 7.95. The van der Waals surface area contributed by atoms with Crippen molar-refractivity contribution >= 4 is 5.96 Å². The number of hydrogen-bond donors (Lipinski definition) is 2. The molecule has 1 heterocycles. The molecule has 0 saturated carbocycles. The standard InChI is InChI=1S/C15H32N4O2/c1-6-16-15(18-12(2)10-20-5)17-9-13(3)19-7-8-21-11-14(19)4/h12-14H,6-11H2,1-5H3,(H2,16,17,18). The molecule has 1 saturated heterocycles. The molecule has 0 radical (unpaired) electrons. The number of morpholine rings is 1. The monoisotopic (exact) mass is 300 g/mol. The number of methoxy groups -OCH3 is 1. The summed E-state index contributed by atoms with van der Waals surface area (Å²) in [5, 5.41) is 6.64. The highest BCUT2D eigenvalue weighted by atomic mass is 16.5. The summed E-state index contributed by atoms with van der Waals surface area (Å²) in [5.41, 5.74) is 0. The van der Waals surface area contributed by atoms with Crippen LogP contribution in [0.5, 0.6) is 0 Å². The van der Waals surface area contributed by atoms with Crippen LogP contribution in [-0.4, -0.2) is 75.5 Å². The number of rotatable bonds is 7. The molecule has 1 rings (SSSR count). The second-order valence-electron chi connectivity index (χ2n) is 5.73. The molecule has 0 aliphatic carbocycles. The van der Waals surface area contributed by atoms with Crippen LogP contribution in [0.3, 0.4) is 0 Å². The smallest absolute Gasteiger partial charge is 0.191 e. The molecule has 3 atom stereocenters. The predicted octanol–water partition coefficient (Wildman–Crippen LogP) is 0.686. The van der Waals surface area contributed by atoms with Gasteiger partial charge in [0.2, 0.25) is 0 Å². The zero-order valence-electron chi connectivity index (χ0n) is 14.2. The average molecular weight is 300 g/mol. The minimum absolute atomic E-state index is 0.241. The van der Waals surface area contributed by atoms with Crippen LogP contribution in [0, 0.1) is 0 Å². The summed E-state index contributed by atoms with van der Waals surface area (Å²) in [4.78, 5) is 7.17. The first-order chi connectivity index (χ1) is 10.1. The van der Waals surface area contributed by atoms with Crippen molar-refractivity contribution in [3.8, 4) is 0 Å². The molecule has 21 heavy (non-hydrogen) atoms. The quantitative estimate of drug-likeness (QED) is 0.535. The number of nitrogens with one attached hydrogen (secondary N) is 2. The molecular formula is C15H32N4O2. The summed E-state index contributed by atoms with van der Waals surface area (Å²) < 4.78 is 10.6. The van der Waals surface area contributed by atoms with Crippen molar-refractivity contribution in [1.82, 2.24) is 15.5 Å². The fourth-order valence-corrected chi connectivity index (χ4v) is 2.57.